The fourth-order valence-electron chi connectivity index (χ4n) is 2.37. The van der Waals surface area contributed by atoms with Crippen molar-refractivity contribution < 1.29 is 19.8 Å². The quantitative estimate of drug-likeness (QED) is 0.715. The van der Waals surface area contributed by atoms with Crippen molar-refractivity contribution in [1.82, 2.24) is 10.2 Å². The van der Waals surface area contributed by atoms with E-state index in [9.17, 15) is 14.7 Å². The van der Waals surface area contributed by atoms with Gasteiger partial charge in [-0.05, 0) is 32.6 Å². The van der Waals surface area contributed by atoms with Crippen LogP contribution >= 0.6 is 0 Å². The highest BCUT2D eigenvalue weighted by Gasteiger charge is 2.28. The summed E-state index contributed by atoms with van der Waals surface area (Å²) >= 11 is 0. The molecule has 1 fully saturated rings. The Bertz CT molecular complexity index is 344. The molecule has 1 aliphatic heterocycles. The van der Waals surface area contributed by atoms with Crippen LogP contribution in [0.3, 0.4) is 0 Å². The van der Waals surface area contributed by atoms with Crippen molar-refractivity contribution in [2.75, 3.05) is 13.1 Å². The number of hydrogen-bond donors (Lipinski definition) is 3. The number of nitrogens with zero attached hydrogens (tertiary/aromatic N) is 1. The van der Waals surface area contributed by atoms with E-state index in [0.717, 1.165) is 19.3 Å². The van der Waals surface area contributed by atoms with Crippen molar-refractivity contribution >= 4 is 12.0 Å². The van der Waals surface area contributed by atoms with Crippen molar-refractivity contribution in [2.45, 2.75) is 64.0 Å². The Morgan fingerprint density at radius 1 is 1.35 bits per heavy atom. The van der Waals surface area contributed by atoms with E-state index in [1.54, 1.807) is 11.8 Å². The summed E-state index contributed by atoms with van der Waals surface area (Å²) in [5.41, 5.74) is -0.733. The number of rotatable bonds is 5. The Morgan fingerprint density at radius 2 is 2.05 bits per heavy atom. The van der Waals surface area contributed by atoms with Gasteiger partial charge in [0.05, 0.1) is 5.60 Å². The molecule has 3 N–H and O–H groups in total. The number of carboxylic acids is 1. The molecule has 0 aromatic rings. The molecule has 20 heavy (non-hydrogen) atoms. The Labute approximate surface area is 120 Å². The third-order valence-corrected chi connectivity index (χ3v) is 3.79. The van der Waals surface area contributed by atoms with Crippen molar-refractivity contribution in [3.05, 3.63) is 0 Å². The van der Waals surface area contributed by atoms with Gasteiger partial charge in [0.15, 0.2) is 0 Å². The minimum atomic E-state index is -0.992. The largest absolute Gasteiger partial charge is 0.480 e. The molecule has 116 valence electrons. The van der Waals surface area contributed by atoms with Gasteiger partial charge in [0, 0.05) is 13.1 Å². The molecule has 6 heteroatoms. The molecule has 2 atom stereocenters. The highest BCUT2D eigenvalue weighted by molar-refractivity contribution is 5.82. The van der Waals surface area contributed by atoms with Crippen LogP contribution in [-0.4, -0.2) is 51.8 Å². The van der Waals surface area contributed by atoms with Crippen LogP contribution in [0, 0.1) is 0 Å². The minimum absolute atomic E-state index is 0.341. The van der Waals surface area contributed by atoms with Gasteiger partial charge in [-0.25, -0.2) is 9.59 Å². The molecule has 1 heterocycles. The highest BCUT2D eigenvalue weighted by Crippen LogP contribution is 2.21. The van der Waals surface area contributed by atoms with E-state index >= 15 is 0 Å². The van der Waals surface area contributed by atoms with E-state index in [2.05, 4.69) is 5.32 Å². The Kier molecular flexibility index (Phi) is 6.26. The fraction of sp³-hybridized carbons (Fsp3) is 0.857. The van der Waals surface area contributed by atoms with E-state index in [-0.39, 0.29) is 6.03 Å². The van der Waals surface area contributed by atoms with Gasteiger partial charge < -0.3 is 20.4 Å². The number of unbranched alkanes of at least 4 members (excludes halogenated alkanes) is 1. The van der Waals surface area contributed by atoms with E-state index in [0.29, 0.717) is 32.4 Å². The number of likely N-dealkylation sites (tertiary alicyclic amines) is 1. The number of nitrogens with one attached hydrogen (secondary N) is 1. The van der Waals surface area contributed by atoms with Crippen molar-refractivity contribution in [1.29, 1.82) is 0 Å². The number of aliphatic hydroxyl groups is 1. The molecule has 0 aromatic heterocycles. The smallest absolute Gasteiger partial charge is 0.326 e. The second-order valence-corrected chi connectivity index (χ2v) is 5.82. The molecule has 1 aliphatic rings. The van der Waals surface area contributed by atoms with E-state index in [1.807, 2.05) is 6.92 Å². The van der Waals surface area contributed by atoms with Crippen LogP contribution in [-0.2, 0) is 4.79 Å². The normalized spacial score (nSPS) is 24.9. The van der Waals surface area contributed by atoms with Crippen LogP contribution in [0.25, 0.3) is 0 Å². The zero-order valence-electron chi connectivity index (χ0n) is 12.4. The molecule has 1 rings (SSSR count). The standard InChI is InChI=1S/C14H26N2O4/c1-3-4-6-11(12(17)18)15-13(19)16-9-5-7-14(2,20)8-10-16/h11,20H,3-10H2,1-2H3,(H,15,19)(H,17,18)/t11-,14?/m0/s1. The van der Waals surface area contributed by atoms with Gasteiger partial charge in [-0.2, -0.15) is 0 Å². The van der Waals surface area contributed by atoms with E-state index in [1.165, 1.54) is 0 Å². The summed E-state index contributed by atoms with van der Waals surface area (Å²) in [6.45, 7) is 4.77. The van der Waals surface area contributed by atoms with E-state index in [4.69, 9.17) is 5.11 Å². The summed E-state index contributed by atoms with van der Waals surface area (Å²) in [5.74, 6) is -0.992. The van der Waals surface area contributed by atoms with E-state index < -0.39 is 17.6 Å². The Hall–Kier alpha value is -1.30. The molecule has 0 saturated carbocycles. The monoisotopic (exact) mass is 286 g/mol. The maximum absolute atomic E-state index is 12.1. The highest BCUT2D eigenvalue weighted by atomic mass is 16.4. The molecule has 0 radical (unpaired) electrons. The van der Waals surface area contributed by atoms with Crippen LogP contribution in [0.5, 0.6) is 0 Å². The zero-order chi connectivity index (χ0) is 15.2. The van der Waals surface area contributed by atoms with Crippen molar-refractivity contribution in [3.63, 3.8) is 0 Å². The van der Waals surface area contributed by atoms with Crippen LogP contribution in [0.2, 0.25) is 0 Å². The first kappa shape index (κ1) is 16.8. The average Bonchev–Trinajstić information content (AvgIpc) is 2.55. The van der Waals surface area contributed by atoms with Crippen LogP contribution in [0.15, 0.2) is 0 Å². The second kappa shape index (κ2) is 7.47. The molecule has 0 spiro atoms. The molecule has 1 unspecified atom stereocenters. The first-order valence-electron chi connectivity index (χ1n) is 7.36. The Morgan fingerprint density at radius 3 is 2.65 bits per heavy atom. The number of carboxylic acid groups (broad SMARTS) is 1. The molecular formula is C14H26N2O4. The summed E-state index contributed by atoms with van der Waals surface area (Å²) < 4.78 is 0. The maximum atomic E-state index is 12.1. The zero-order valence-corrected chi connectivity index (χ0v) is 12.4. The fourth-order valence-corrected chi connectivity index (χ4v) is 2.37. The summed E-state index contributed by atoms with van der Waals surface area (Å²) in [5, 5.41) is 21.7. The molecule has 0 bridgehead atoms. The number of amides is 2. The van der Waals surface area contributed by atoms with Gasteiger partial charge in [0.2, 0.25) is 0 Å². The number of hydrogen-bond acceptors (Lipinski definition) is 3. The Balaban J connectivity index is 2.53. The SMILES string of the molecule is CCCC[C@H](NC(=O)N1CCCC(C)(O)CC1)C(=O)O. The number of carbonyl (C=O) groups is 2. The first-order valence-corrected chi connectivity index (χ1v) is 7.36. The predicted molar refractivity (Wildman–Crippen MR) is 75.5 cm³/mol. The molecule has 6 nitrogen and oxygen atoms in total. The van der Waals surface area contributed by atoms with Gasteiger partial charge in [-0.15, -0.1) is 0 Å². The average molecular weight is 286 g/mol. The predicted octanol–water partition coefficient (Wildman–Crippen LogP) is 1.58. The number of urea groups is 1. The van der Waals surface area contributed by atoms with Crippen LogP contribution < -0.4 is 5.32 Å². The molecule has 0 aliphatic carbocycles. The van der Waals surface area contributed by atoms with Crippen LogP contribution in [0.1, 0.15) is 52.4 Å². The van der Waals surface area contributed by atoms with Crippen molar-refractivity contribution in [2.24, 2.45) is 0 Å². The topological polar surface area (TPSA) is 89.9 Å². The maximum Gasteiger partial charge on any atom is 0.326 e. The molecule has 2 amide bonds. The van der Waals surface area contributed by atoms with Gasteiger partial charge in [0.1, 0.15) is 6.04 Å². The summed E-state index contributed by atoms with van der Waals surface area (Å²) in [4.78, 5) is 24.8. The second-order valence-electron chi connectivity index (χ2n) is 5.82. The lowest BCUT2D eigenvalue weighted by Gasteiger charge is -2.24. The van der Waals surface area contributed by atoms with Gasteiger partial charge in [0.25, 0.3) is 0 Å². The van der Waals surface area contributed by atoms with Crippen molar-refractivity contribution in [3.8, 4) is 0 Å². The molecular weight excluding hydrogens is 260 g/mol. The summed E-state index contributed by atoms with van der Waals surface area (Å²) in [6.07, 6.45) is 4.02. The van der Waals surface area contributed by atoms with Gasteiger partial charge >= 0.3 is 12.0 Å². The summed E-state index contributed by atoms with van der Waals surface area (Å²) in [7, 11) is 0. The molecule has 0 aromatic carbocycles. The summed E-state index contributed by atoms with van der Waals surface area (Å²) in [6, 6.07) is -1.17. The first-order chi connectivity index (χ1) is 9.35. The number of aliphatic carboxylic acids is 1. The van der Waals surface area contributed by atoms with Gasteiger partial charge in [-0.3, -0.25) is 0 Å². The molecule has 1 saturated heterocycles. The third kappa shape index (κ3) is 5.36. The lowest BCUT2D eigenvalue weighted by Crippen LogP contribution is -2.48. The minimum Gasteiger partial charge on any atom is -0.480 e. The lowest BCUT2D eigenvalue weighted by molar-refractivity contribution is -0.139. The number of carbonyl (C=O) groups excluding carboxylic acids is 1. The van der Waals surface area contributed by atoms with Gasteiger partial charge in [-0.1, -0.05) is 19.8 Å². The lowest BCUT2D eigenvalue weighted by atomic mass is 9.98. The third-order valence-electron chi connectivity index (χ3n) is 3.79. The van der Waals surface area contributed by atoms with Crippen LogP contribution in [0.4, 0.5) is 4.79 Å².